The van der Waals surface area contributed by atoms with Crippen molar-refractivity contribution in [1.29, 1.82) is 0 Å². The van der Waals surface area contributed by atoms with Crippen LogP contribution in [0.2, 0.25) is 0 Å². The molecule has 25 heavy (non-hydrogen) atoms. The number of rotatable bonds is 3. The maximum Gasteiger partial charge on any atom is 0.407 e. The summed E-state index contributed by atoms with van der Waals surface area (Å²) in [5.41, 5.74) is 0.0851. The molecule has 0 radical (unpaired) electrons. The van der Waals surface area contributed by atoms with Gasteiger partial charge in [0.25, 0.3) is 0 Å². The summed E-state index contributed by atoms with van der Waals surface area (Å²) in [4.78, 5) is 24.2. The zero-order chi connectivity index (χ0) is 18.0. The van der Waals surface area contributed by atoms with Crippen molar-refractivity contribution in [3.8, 4) is 11.5 Å². The van der Waals surface area contributed by atoms with E-state index in [-0.39, 0.29) is 17.4 Å². The lowest BCUT2D eigenvalue weighted by molar-refractivity contribution is 0.0597. The van der Waals surface area contributed by atoms with Gasteiger partial charge in [0, 0.05) is 11.9 Å². The summed E-state index contributed by atoms with van der Waals surface area (Å²) in [5.74, 6) is -0.261. The topological polar surface area (TPSA) is 96.3 Å². The van der Waals surface area contributed by atoms with Crippen LogP contribution in [0, 0.1) is 0 Å². The van der Waals surface area contributed by atoms with E-state index in [1.165, 1.54) is 18.1 Å². The van der Waals surface area contributed by atoms with Crippen LogP contribution < -0.4 is 4.74 Å². The molecule has 0 bridgehead atoms. The summed E-state index contributed by atoms with van der Waals surface area (Å²) in [6.45, 7) is 0.811. The lowest BCUT2D eigenvalue weighted by Gasteiger charge is -2.31. The Morgan fingerprint density at radius 3 is 2.80 bits per heavy atom. The Bertz CT molecular complexity index is 819. The molecule has 1 aliphatic rings. The normalized spacial score (nSPS) is 17.3. The van der Waals surface area contributed by atoms with E-state index in [0.717, 1.165) is 18.2 Å². The van der Waals surface area contributed by atoms with E-state index < -0.39 is 12.1 Å². The second kappa shape index (κ2) is 6.88. The lowest BCUT2D eigenvalue weighted by atomic mass is 10.0. The number of hydrogen-bond acceptors (Lipinski definition) is 5. The van der Waals surface area contributed by atoms with Gasteiger partial charge in [0.1, 0.15) is 23.2 Å². The molecule has 0 aliphatic carbocycles. The SMILES string of the molecule is COC(=O)c1cc2cccc(O[C@@H]3CCCN(C(=O)O)C3)c2cc1O. The van der Waals surface area contributed by atoms with Gasteiger partial charge in [-0.3, -0.25) is 0 Å². The fourth-order valence-electron chi connectivity index (χ4n) is 3.05. The number of methoxy groups -OCH3 is 1. The summed E-state index contributed by atoms with van der Waals surface area (Å²) in [5, 5.41) is 20.6. The van der Waals surface area contributed by atoms with Crippen molar-refractivity contribution in [2.45, 2.75) is 18.9 Å². The summed E-state index contributed by atoms with van der Waals surface area (Å²) in [6.07, 6.45) is 0.288. The number of hydrogen-bond donors (Lipinski definition) is 2. The van der Waals surface area contributed by atoms with Crippen molar-refractivity contribution in [2.75, 3.05) is 20.2 Å². The molecule has 1 fully saturated rings. The van der Waals surface area contributed by atoms with Gasteiger partial charge in [-0.15, -0.1) is 0 Å². The summed E-state index contributed by atoms with van der Waals surface area (Å²) < 4.78 is 10.7. The van der Waals surface area contributed by atoms with Crippen molar-refractivity contribution >= 4 is 22.8 Å². The molecule has 0 unspecified atom stereocenters. The number of amides is 1. The predicted molar refractivity (Wildman–Crippen MR) is 90.2 cm³/mol. The number of piperidine rings is 1. The number of nitrogens with zero attached hydrogens (tertiary/aromatic N) is 1. The van der Waals surface area contributed by atoms with Crippen molar-refractivity contribution in [3.63, 3.8) is 0 Å². The molecule has 1 heterocycles. The third-order valence-electron chi connectivity index (χ3n) is 4.30. The third kappa shape index (κ3) is 3.45. The number of esters is 1. The number of carbonyl (C=O) groups is 2. The van der Waals surface area contributed by atoms with E-state index in [1.807, 2.05) is 0 Å². The van der Waals surface area contributed by atoms with Crippen LogP contribution >= 0.6 is 0 Å². The number of phenolic OH excluding ortho intramolecular Hbond substituents is 1. The first-order valence-corrected chi connectivity index (χ1v) is 7.98. The van der Waals surface area contributed by atoms with Crippen molar-refractivity contribution in [1.82, 2.24) is 4.90 Å². The van der Waals surface area contributed by atoms with Crippen LogP contribution in [0.5, 0.6) is 11.5 Å². The molecule has 1 amide bonds. The quantitative estimate of drug-likeness (QED) is 0.831. The first kappa shape index (κ1) is 16.9. The molecule has 0 saturated carbocycles. The van der Waals surface area contributed by atoms with Gasteiger partial charge >= 0.3 is 12.1 Å². The Kier molecular flexibility index (Phi) is 4.65. The number of ether oxygens (including phenoxy) is 2. The Labute approximate surface area is 144 Å². The summed E-state index contributed by atoms with van der Waals surface area (Å²) >= 11 is 0. The minimum Gasteiger partial charge on any atom is -0.507 e. The smallest absolute Gasteiger partial charge is 0.407 e. The average Bonchev–Trinajstić information content (AvgIpc) is 2.61. The highest BCUT2D eigenvalue weighted by molar-refractivity contribution is 6.00. The van der Waals surface area contributed by atoms with Crippen LogP contribution in [0.15, 0.2) is 30.3 Å². The van der Waals surface area contributed by atoms with Crippen LogP contribution in [0.3, 0.4) is 0 Å². The number of benzene rings is 2. The van der Waals surface area contributed by atoms with E-state index in [2.05, 4.69) is 4.74 Å². The molecule has 132 valence electrons. The van der Waals surface area contributed by atoms with Gasteiger partial charge in [-0.2, -0.15) is 0 Å². The average molecular weight is 345 g/mol. The first-order valence-electron chi connectivity index (χ1n) is 7.98. The van der Waals surface area contributed by atoms with Gasteiger partial charge in [-0.05, 0) is 36.4 Å². The second-order valence-corrected chi connectivity index (χ2v) is 5.95. The Morgan fingerprint density at radius 1 is 1.28 bits per heavy atom. The van der Waals surface area contributed by atoms with Gasteiger partial charge in [-0.1, -0.05) is 12.1 Å². The molecule has 0 spiro atoms. The van der Waals surface area contributed by atoms with Crippen molar-refractivity contribution in [3.05, 3.63) is 35.9 Å². The summed E-state index contributed by atoms with van der Waals surface area (Å²) in [7, 11) is 1.25. The number of aromatic hydroxyl groups is 1. The molecule has 7 nitrogen and oxygen atoms in total. The van der Waals surface area contributed by atoms with Gasteiger partial charge in [0.2, 0.25) is 0 Å². The van der Waals surface area contributed by atoms with E-state index in [9.17, 15) is 14.7 Å². The predicted octanol–water partition coefficient (Wildman–Crippen LogP) is 2.85. The van der Waals surface area contributed by atoms with Crippen LogP contribution in [0.1, 0.15) is 23.2 Å². The number of carbonyl (C=O) groups excluding carboxylic acids is 1. The van der Waals surface area contributed by atoms with E-state index >= 15 is 0 Å². The Hall–Kier alpha value is -2.96. The van der Waals surface area contributed by atoms with E-state index in [0.29, 0.717) is 24.2 Å². The van der Waals surface area contributed by atoms with Crippen LogP contribution in [-0.4, -0.2) is 53.5 Å². The van der Waals surface area contributed by atoms with E-state index in [1.54, 1.807) is 24.3 Å². The molecule has 1 atom stereocenters. The highest BCUT2D eigenvalue weighted by atomic mass is 16.5. The van der Waals surface area contributed by atoms with Crippen molar-refractivity contribution < 1.29 is 29.3 Å². The second-order valence-electron chi connectivity index (χ2n) is 5.95. The number of carboxylic acid groups (broad SMARTS) is 1. The molecular weight excluding hydrogens is 326 g/mol. The Balaban J connectivity index is 1.90. The van der Waals surface area contributed by atoms with Gasteiger partial charge < -0.3 is 24.6 Å². The number of fused-ring (bicyclic) bond motifs is 1. The van der Waals surface area contributed by atoms with Crippen LogP contribution in [0.4, 0.5) is 4.79 Å². The zero-order valence-corrected chi connectivity index (χ0v) is 13.8. The van der Waals surface area contributed by atoms with E-state index in [4.69, 9.17) is 9.84 Å². The summed E-state index contributed by atoms with van der Waals surface area (Å²) in [6, 6.07) is 8.37. The monoisotopic (exact) mass is 345 g/mol. The molecular formula is C18H19NO6. The van der Waals surface area contributed by atoms with Gasteiger partial charge in [-0.25, -0.2) is 9.59 Å². The fourth-order valence-corrected chi connectivity index (χ4v) is 3.05. The molecule has 1 aliphatic heterocycles. The standard InChI is InChI=1S/C18H19NO6/c1-24-17(21)14-8-11-4-2-6-16(13(11)9-15(14)20)25-12-5-3-7-19(10-12)18(22)23/h2,4,6,8-9,12,20H,3,5,7,10H2,1H3,(H,22,23)/t12-/m1/s1. The molecule has 2 aromatic carbocycles. The molecule has 2 aromatic rings. The highest BCUT2D eigenvalue weighted by Crippen LogP contribution is 2.33. The minimum atomic E-state index is -0.952. The molecule has 7 heteroatoms. The highest BCUT2D eigenvalue weighted by Gasteiger charge is 2.25. The molecule has 0 aromatic heterocycles. The number of phenols is 1. The number of likely N-dealkylation sites (tertiary alicyclic amines) is 1. The minimum absolute atomic E-state index is 0.0851. The zero-order valence-electron chi connectivity index (χ0n) is 13.8. The van der Waals surface area contributed by atoms with Gasteiger partial charge in [0.05, 0.1) is 13.7 Å². The van der Waals surface area contributed by atoms with Crippen molar-refractivity contribution in [2.24, 2.45) is 0 Å². The molecule has 1 saturated heterocycles. The lowest BCUT2D eigenvalue weighted by Crippen LogP contribution is -2.43. The third-order valence-corrected chi connectivity index (χ3v) is 4.30. The maximum absolute atomic E-state index is 11.7. The van der Waals surface area contributed by atoms with Crippen LogP contribution in [0.25, 0.3) is 10.8 Å². The molecule has 3 rings (SSSR count). The van der Waals surface area contributed by atoms with Gasteiger partial charge in [0.15, 0.2) is 0 Å². The largest absolute Gasteiger partial charge is 0.507 e. The molecule has 2 N–H and O–H groups in total. The first-order chi connectivity index (χ1) is 12.0. The van der Waals surface area contributed by atoms with Crippen LogP contribution in [-0.2, 0) is 4.74 Å². The fraction of sp³-hybridized carbons (Fsp3) is 0.333. The maximum atomic E-state index is 11.7. The Morgan fingerprint density at radius 2 is 2.08 bits per heavy atom.